The number of hydrogen-bond acceptors (Lipinski definition) is 3. The molecule has 0 unspecified atom stereocenters. The van der Waals surface area contributed by atoms with Gasteiger partial charge in [-0.15, -0.1) is 0 Å². The molecule has 0 radical (unpaired) electrons. The van der Waals surface area contributed by atoms with E-state index in [9.17, 15) is 0 Å². The highest BCUT2D eigenvalue weighted by Gasteiger charge is 2.05. The Balaban J connectivity index is 2.26. The molecule has 2 heterocycles. The molecule has 2 aromatic rings. The molecule has 0 amide bonds. The predicted octanol–water partition coefficient (Wildman–Crippen LogP) is 3.00. The second-order valence-electron chi connectivity index (χ2n) is 3.41. The van der Waals surface area contributed by atoms with Crippen LogP contribution in [0.4, 0.5) is 0 Å². The lowest BCUT2D eigenvalue weighted by atomic mass is 10.3. The molecule has 0 aliphatic heterocycles. The molecule has 15 heavy (non-hydrogen) atoms. The van der Waals surface area contributed by atoms with Crippen LogP contribution in [0.2, 0.25) is 0 Å². The third kappa shape index (κ3) is 2.35. The molecule has 80 valence electrons. The van der Waals surface area contributed by atoms with E-state index < -0.39 is 0 Å². The molecule has 0 aliphatic carbocycles. The zero-order chi connectivity index (χ0) is 10.7. The number of aromatic nitrogens is 3. The van der Waals surface area contributed by atoms with Crippen LogP contribution >= 0.6 is 23.6 Å². The lowest BCUT2D eigenvalue weighted by Gasteiger charge is -2.03. The first-order valence-corrected chi connectivity index (χ1v) is 6.31. The lowest BCUT2D eigenvalue weighted by molar-refractivity contribution is 0.700. The summed E-state index contributed by atoms with van der Waals surface area (Å²) in [6.45, 7) is 2.97. The van der Waals surface area contributed by atoms with E-state index in [2.05, 4.69) is 38.5 Å². The van der Waals surface area contributed by atoms with Crippen molar-refractivity contribution < 1.29 is 0 Å². The molecule has 0 spiro atoms. The smallest absolute Gasteiger partial charge is 0.195 e. The van der Waals surface area contributed by atoms with Crippen molar-refractivity contribution in [2.45, 2.75) is 26.3 Å². The highest BCUT2D eigenvalue weighted by Crippen LogP contribution is 2.10. The van der Waals surface area contributed by atoms with E-state index in [0.717, 1.165) is 25.2 Å². The third-order valence-electron chi connectivity index (χ3n) is 2.23. The Bertz CT molecular complexity index is 467. The average molecular weight is 239 g/mol. The molecule has 0 saturated carbocycles. The Morgan fingerprint density at radius 1 is 1.60 bits per heavy atom. The fourth-order valence-corrected chi connectivity index (χ4v) is 2.37. The van der Waals surface area contributed by atoms with Gasteiger partial charge in [-0.3, -0.25) is 9.67 Å². The minimum atomic E-state index is 0.713. The zero-order valence-electron chi connectivity index (χ0n) is 8.56. The summed E-state index contributed by atoms with van der Waals surface area (Å²) in [6, 6.07) is 2.12. The van der Waals surface area contributed by atoms with Crippen LogP contribution in [0.25, 0.3) is 0 Å². The van der Waals surface area contributed by atoms with Crippen molar-refractivity contribution in [1.82, 2.24) is 14.8 Å². The Morgan fingerprint density at radius 3 is 3.13 bits per heavy atom. The number of nitrogens with zero attached hydrogens (tertiary/aromatic N) is 2. The van der Waals surface area contributed by atoms with Crippen LogP contribution in [0.3, 0.4) is 0 Å². The van der Waals surface area contributed by atoms with Gasteiger partial charge >= 0.3 is 0 Å². The maximum absolute atomic E-state index is 5.21. The van der Waals surface area contributed by atoms with Gasteiger partial charge in [-0.1, -0.05) is 6.92 Å². The SMILES string of the molecule is CCCc1n[nH]c(=S)n1Cc1ccsc1. The molecule has 0 aliphatic rings. The highest BCUT2D eigenvalue weighted by atomic mass is 32.1. The summed E-state index contributed by atoms with van der Waals surface area (Å²) in [5.41, 5.74) is 1.29. The molecular weight excluding hydrogens is 226 g/mol. The number of nitrogens with one attached hydrogen (secondary N) is 1. The summed E-state index contributed by atoms with van der Waals surface area (Å²) in [5, 5.41) is 11.3. The standard InChI is InChI=1S/C10H13N3S2/c1-2-3-9-11-12-10(14)13(9)6-8-4-5-15-7-8/h4-5,7H,2-3,6H2,1H3,(H,12,14). The second-order valence-corrected chi connectivity index (χ2v) is 4.58. The quantitative estimate of drug-likeness (QED) is 0.832. The minimum Gasteiger partial charge on any atom is -0.300 e. The summed E-state index contributed by atoms with van der Waals surface area (Å²) in [6.07, 6.45) is 2.06. The van der Waals surface area contributed by atoms with Crippen LogP contribution in [0.15, 0.2) is 16.8 Å². The molecule has 0 bridgehead atoms. The van der Waals surface area contributed by atoms with Gasteiger partial charge < -0.3 is 0 Å². The molecule has 0 atom stereocenters. The number of aromatic amines is 1. The fraction of sp³-hybridized carbons (Fsp3) is 0.400. The minimum absolute atomic E-state index is 0.713. The first-order chi connectivity index (χ1) is 7.31. The van der Waals surface area contributed by atoms with E-state index in [1.165, 1.54) is 5.56 Å². The van der Waals surface area contributed by atoms with E-state index in [4.69, 9.17) is 12.2 Å². The molecule has 2 aromatic heterocycles. The van der Waals surface area contributed by atoms with Crippen molar-refractivity contribution in [1.29, 1.82) is 0 Å². The zero-order valence-corrected chi connectivity index (χ0v) is 10.2. The average Bonchev–Trinajstić information content (AvgIpc) is 2.83. The summed E-state index contributed by atoms with van der Waals surface area (Å²) < 4.78 is 2.78. The van der Waals surface area contributed by atoms with Gasteiger partial charge in [-0.05, 0) is 41.0 Å². The largest absolute Gasteiger partial charge is 0.300 e. The van der Waals surface area contributed by atoms with Crippen LogP contribution in [-0.4, -0.2) is 14.8 Å². The summed E-state index contributed by atoms with van der Waals surface area (Å²) in [5.74, 6) is 1.05. The summed E-state index contributed by atoms with van der Waals surface area (Å²) in [7, 11) is 0. The molecule has 1 N–H and O–H groups in total. The summed E-state index contributed by atoms with van der Waals surface area (Å²) >= 11 is 6.92. The molecule has 0 saturated heterocycles. The van der Waals surface area contributed by atoms with Crippen LogP contribution < -0.4 is 0 Å². The monoisotopic (exact) mass is 239 g/mol. The Morgan fingerprint density at radius 2 is 2.47 bits per heavy atom. The fourth-order valence-electron chi connectivity index (χ4n) is 1.49. The molecule has 0 fully saturated rings. The van der Waals surface area contributed by atoms with Crippen LogP contribution in [0, 0.1) is 4.77 Å². The van der Waals surface area contributed by atoms with Crippen molar-refractivity contribution >= 4 is 23.6 Å². The van der Waals surface area contributed by atoms with Crippen LogP contribution in [0.5, 0.6) is 0 Å². The molecule has 3 nitrogen and oxygen atoms in total. The molecule has 5 heteroatoms. The molecular formula is C10H13N3S2. The van der Waals surface area contributed by atoms with Crippen molar-refractivity contribution in [3.63, 3.8) is 0 Å². The number of hydrogen-bond donors (Lipinski definition) is 1. The first-order valence-electron chi connectivity index (χ1n) is 4.96. The van der Waals surface area contributed by atoms with Gasteiger partial charge in [0.2, 0.25) is 0 Å². The number of aryl methyl sites for hydroxylation is 1. The van der Waals surface area contributed by atoms with Gasteiger partial charge in [-0.2, -0.15) is 16.4 Å². The van der Waals surface area contributed by atoms with Crippen molar-refractivity contribution in [3.05, 3.63) is 33.0 Å². The number of H-pyrrole nitrogens is 1. The van der Waals surface area contributed by atoms with Gasteiger partial charge in [-0.25, -0.2) is 0 Å². The Hall–Kier alpha value is -0.940. The molecule has 0 aromatic carbocycles. The van der Waals surface area contributed by atoms with Gasteiger partial charge in [0.1, 0.15) is 5.82 Å². The summed E-state index contributed by atoms with van der Waals surface area (Å²) in [4.78, 5) is 0. The van der Waals surface area contributed by atoms with Crippen molar-refractivity contribution in [3.8, 4) is 0 Å². The van der Waals surface area contributed by atoms with Gasteiger partial charge in [0.15, 0.2) is 4.77 Å². The van der Waals surface area contributed by atoms with E-state index in [0.29, 0.717) is 4.77 Å². The highest BCUT2D eigenvalue weighted by molar-refractivity contribution is 7.71. The van der Waals surface area contributed by atoms with Crippen LogP contribution in [0.1, 0.15) is 24.7 Å². The van der Waals surface area contributed by atoms with E-state index in [1.54, 1.807) is 11.3 Å². The Kier molecular flexibility index (Phi) is 3.33. The topological polar surface area (TPSA) is 33.6 Å². The van der Waals surface area contributed by atoms with E-state index in [-0.39, 0.29) is 0 Å². The Labute approximate surface area is 97.8 Å². The second kappa shape index (κ2) is 4.72. The van der Waals surface area contributed by atoms with Crippen molar-refractivity contribution in [2.24, 2.45) is 0 Å². The van der Waals surface area contributed by atoms with E-state index in [1.807, 2.05) is 0 Å². The van der Waals surface area contributed by atoms with Gasteiger partial charge in [0.25, 0.3) is 0 Å². The molecule has 2 rings (SSSR count). The maximum Gasteiger partial charge on any atom is 0.195 e. The maximum atomic E-state index is 5.21. The van der Waals surface area contributed by atoms with Crippen molar-refractivity contribution in [2.75, 3.05) is 0 Å². The van der Waals surface area contributed by atoms with Crippen LogP contribution in [-0.2, 0) is 13.0 Å². The van der Waals surface area contributed by atoms with Gasteiger partial charge in [0.05, 0.1) is 6.54 Å². The van der Waals surface area contributed by atoms with Gasteiger partial charge in [0, 0.05) is 6.42 Å². The first kappa shape index (κ1) is 10.6. The number of thiophene rings is 1. The van der Waals surface area contributed by atoms with E-state index >= 15 is 0 Å². The number of rotatable bonds is 4. The third-order valence-corrected chi connectivity index (χ3v) is 3.28. The predicted molar refractivity (Wildman–Crippen MR) is 64.8 cm³/mol. The normalized spacial score (nSPS) is 10.7. The lowest BCUT2D eigenvalue weighted by Crippen LogP contribution is -2.04.